The predicted octanol–water partition coefficient (Wildman–Crippen LogP) is 3.87. The lowest BCUT2D eigenvalue weighted by Gasteiger charge is -2.27. The van der Waals surface area contributed by atoms with Crippen molar-refractivity contribution in [2.45, 2.75) is 37.6 Å². The number of aryl methyl sites for hydroxylation is 1. The minimum Gasteiger partial charge on any atom is -0.331 e. The van der Waals surface area contributed by atoms with Crippen LogP contribution in [0.5, 0.6) is 0 Å². The molecule has 0 saturated carbocycles. The van der Waals surface area contributed by atoms with Gasteiger partial charge in [-0.05, 0) is 55.2 Å². The molecule has 2 aromatic carbocycles. The maximum absolute atomic E-state index is 13.2. The van der Waals surface area contributed by atoms with Crippen LogP contribution < -0.4 is 0 Å². The van der Waals surface area contributed by atoms with Gasteiger partial charge >= 0.3 is 0 Å². The Labute approximate surface area is 184 Å². The number of amides is 1. The Bertz CT molecular complexity index is 1100. The Hall–Kier alpha value is -2.95. The van der Waals surface area contributed by atoms with E-state index in [0.29, 0.717) is 42.9 Å². The molecule has 162 valence electrons. The van der Waals surface area contributed by atoms with Crippen molar-refractivity contribution < 1.29 is 13.2 Å². The molecule has 1 heterocycles. The van der Waals surface area contributed by atoms with E-state index >= 15 is 0 Å². The fourth-order valence-electron chi connectivity index (χ4n) is 3.72. The minimum atomic E-state index is -3.64. The molecule has 0 radical (unpaired) electrons. The molecule has 0 aromatic heterocycles. The Morgan fingerprint density at radius 2 is 1.84 bits per heavy atom. The largest absolute Gasteiger partial charge is 0.331 e. The van der Waals surface area contributed by atoms with Crippen LogP contribution in [-0.2, 0) is 16.6 Å². The normalized spacial score (nSPS) is 14.6. The van der Waals surface area contributed by atoms with Crippen molar-refractivity contribution in [2.75, 3.05) is 19.6 Å². The monoisotopic (exact) mass is 437 g/mol. The smallest absolute Gasteiger partial charge is 0.254 e. The quantitative estimate of drug-likeness (QED) is 0.616. The van der Waals surface area contributed by atoms with Gasteiger partial charge in [0, 0.05) is 31.7 Å². The van der Waals surface area contributed by atoms with Crippen LogP contribution in [0.4, 0.5) is 0 Å². The molecule has 0 spiro atoms. The topological polar surface area (TPSA) is 81.5 Å². The second-order valence-electron chi connectivity index (χ2n) is 7.73. The summed E-state index contributed by atoms with van der Waals surface area (Å²) in [6.45, 7) is 7.17. The maximum Gasteiger partial charge on any atom is 0.254 e. The van der Waals surface area contributed by atoms with E-state index in [-0.39, 0.29) is 10.8 Å². The summed E-state index contributed by atoms with van der Waals surface area (Å²) < 4.78 is 27.9. The first-order chi connectivity index (χ1) is 14.9. The van der Waals surface area contributed by atoms with Crippen molar-refractivity contribution in [3.63, 3.8) is 0 Å². The lowest BCUT2D eigenvalue weighted by molar-refractivity contribution is 0.0762. The lowest BCUT2D eigenvalue weighted by Crippen LogP contribution is -2.36. The summed E-state index contributed by atoms with van der Waals surface area (Å²) in [5, 5.41) is 8.96. The number of hydrogen-bond donors (Lipinski definition) is 0. The first-order valence-corrected chi connectivity index (χ1v) is 11.8. The Morgan fingerprint density at radius 3 is 2.45 bits per heavy atom. The van der Waals surface area contributed by atoms with Crippen LogP contribution in [-0.4, -0.2) is 43.2 Å². The average Bonchev–Trinajstić information content (AvgIpc) is 2.79. The fraction of sp³-hybridized carbons (Fsp3) is 0.333. The van der Waals surface area contributed by atoms with Crippen molar-refractivity contribution >= 4 is 15.9 Å². The van der Waals surface area contributed by atoms with Gasteiger partial charge in [-0.1, -0.05) is 30.7 Å². The van der Waals surface area contributed by atoms with Crippen molar-refractivity contribution in [1.29, 1.82) is 5.26 Å². The number of piperidine rings is 1. The first-order valence-electron chi connectivity index (χ1n) is 10.4. The molecule has 0 unspecified atom stereocenters. The number of rotatable bonds is 7. The van der Waals surface area contributed by atoms with Gasteiger partial charge in [-0.3, -0.25) is 4.79 Å². The SMILES string of the molecule is C=CCN(Cc1ccc(C#N)cc1)C(=O)c1ccc(C)c(S(=O)(=O)N2CCCCC2)c1. The molecule has 1 saturated heterocycles. The molecule has 3 rings (SSSR count). The van der Waals surface area contributed by atoms with Crippen LogP contribution >= 0.6 is 0 Å². The van der Waals surface area contributed by atoms with Crippen molar-refractivity contribution in [1.82, 2.24) is 9.21 Å². The fourth-order valence-corrected chi connectivity index (χ4v) is 5.49. The third kappa shape index (κ3) is 5.22. The molecule has 1 amide bonds. The summed E-state index contributed by atoms with van der Waals surface area (Å²) in [4.78, 5) is 15.0. The van der Waals surface area contributed by atoms with Gasteiger partial charge in [0.25, 0.3) is 5.91 Å². The predicted molar refractivity (Wildman–Crippen MR) is 120 cm³/mol. The molecule has 0 atom stereocenters. The summed E-state index contributed by atoms with van der Waals surface area (Å²) >= 11 is 0. The van der Waals surface area contributed by atoms with Gasteiger partial charge < -0.3 is 4.90 Å². The van der Waals surface area contributed by atoms with E-state index in [0.717, 1.165) is 24.8 Å². The number of benzene rings is 2. The highest BCUT2D eigenvalue weighted by atomic mass is 32.2. The molecule has 7 heteroatoms. The van der Waals surface area contributed by atoms with Crippen LogP contribution in [0.3, 0.4) is 0 Å². The van der Waals surface area contributed by atoms with Gasteiger partial charge in [0.2, 0.25) is 10.0 Å². The summed E-state index contributed by atoms with van der Waals surface area (Å²) in [5.41, 5.74) is 2.39. The van der Waals surface area contributed by atoms with Crippen LogP contribution in [0, 0.1) is 18.3 Å². The maximum atomic E-state index is 13.2. The number of nitrogens with zero attached hydrogens (tertiary/aromatic N) is 3. The molecular formula is C24H27N3O3S. The Balaban J connectivity index is 1.88. The van der Waals surface area contributed by atoms with E-state index in [2.05, 4.69) is 12.6 Å². The summed E-state index contributed by atoms with van der Waals surface area (Å²) in [6.07, 6.45) is 4.39. The van der Waals surface area contributed by atoms with E-state index in [9.17, 15) is 13.2 Å². The van der Waals surface area contributed by atoms with Crippen LogP contribution in [0.1, 0.15) is 46.3 Å². The number of hydrogen-bond acceptors (Lipinski definition) is 4. The molecule has 0 aliphatic carbocycles. The second kappa shape index (κ2) is 9.90. The van der Waals surface area contributed by atoms with Crippen molar-refractivity contribution in [2.24, 2.45) is 0 Å². The van der Waals surface area contributed by atoms with Gasteiger partial charge in [0.1, 0.15) is 0 Å². The average molecular weight is 438 g/mol. The number of nitriles is 1. The third-order valence-electron chi connectivity index (χ3n) is 5.46. The van der Waals surface area contributed by atoms with Crippen LogP contribution in [0.2, 0.25) is 0 Å². The summed E-state index contributed by atoms with van der Waals surface area (Å²) in [7, 11) is -3.64. The van der Waals surface area contributed by atoms with E-state index in [1.54, 1.807) is 42.2 Å². The van der Waals surface area contributed by atoms with E-state index in [1.165, 1.54) is 10.4 Å². The Morgan fingerprint density at radius 1 is 1.16 bits per heavy atom. The highest BCUT2D eigenvalue weighted by Crippen LogP contribution is 2.25. The zero-order chi connectivity index (χ0) is 22.4. The molecule has 2 aromatic rings. The first kappa shape index (κ1) is 22.7. The van der Waals surface area contributed by atoms with Gasteiger partial charge in [-0.15, -0.1) is 6.58 Å². The minimum absolute atomic E-state index is 0.192. The number of carbonyl (C=O) groups is 1. The van der Waals surface area contributed by atoms with Crippen molar-refractivity contribution in [3.05, 3.63) is 77.4 Å². The van der Waals surface area contributed by atoms with E-state index in [4.69, 9.17) is 5.26 Å². The second-order valence-corrected chi connectivity index (χ2v) is 9.63. The zero-order valence-corrected chi connectivity index (χ0v) is 18.6. The van der Waals surface area contributed by atoms with Gasteiger partial charge in [-0.2, -0.15) is 9.57 Å². The zero-order valence-electron chi connectivity index (χ0n) is 17.8. The molecule has 1 aliphatic heterocycles. The highest BCUT2D eigenvalue weighted by Gasteiger charge is 2.28. The highest BCUT2D eigenvalue weighted by molar-refractivity contribution is 7.89. The van der Waals surface area contributed by atoms with Gasteiger partial charge in [0.05, 0.1) is 16.5 Å². The van der Waals surface area contributed by atoms with Crippen molar-refractivity contribution in [3.8, 4) is 6.07 Å². The van der Waals surface area contributed by atoms with Crippen LogP contribution in [0.15, 0.2) is 60.0 Å². The molecule has 6 nitrogen and oxygen atoms in total. The van der Waals surface area contributed by atoms with Gasteiger partial charge in [-0.25, -0.2) is 8.42 Å². The number of carbonyl (C=O) groups excluding carboxylic acids is 1. The molecule has 0 N–H and O–H groups in total. The molecule has 31 heavy (non-hydrogen) atoms. The van der Waals surface area contributed by atoms with Gasteiger partial charge in [0.15, 0.2) is 0 Å². The standard InChI is InChI=1S/C24H27N3O3S/c1-3-13-26(18-21-10-8-20(17-25)9-11-21)24(28)22-12-7-19(2)23(16-22)31(29,30)27-14-5-4-6-15-27/h3,7-12,16H,1,4-6,13-15,18H2,2H3. The molecule has 0 bridgehead atoms. The van der Waals surface area contributed by atoms with E-state index in [1.807, 2.05) is 12.1 Å². The summed E-state index contributed by atoms with van der Waals surface area (Å²) in [5.74, 6) is -0.264. The van der Waals surface area contributed by atoms with Crippen LogP contribution in [0.25, 0.3) is 0 Å². The lowest BCUT2D eigenvalue weighted by atomic mass is 10.1. The van der Waals surface area contributed by atoms with E-state index < -0.39 is 10.0 Å². The number of sulfonamides is 1. The third-order valence-corrected chi connectivity index (χ3v) is 7.50. The molecule has 1 aliphatic rings. The molecular weight excluding hydrogens is 410 g/mol. The summed E-state index contributed by atoms with van der Waals surface area (Å²) in [6, 6.07) is 14.0. The Kier molecular flexibility index (Phi) is 7.26. The molecule has 1 fully saturated rings.